The van der Waals surface area contributed by atoms with Gasteiger partial charge in [-0.2, -0.15) is 0 Å². The third-order valence-corrected chi connectivity index (χ3v) is 4.50. The summed E-state index contributed by atoms with van der Waals surface area (Å²) < 4.78 is 0. The zero-order valence-corrected chi connectivity index (χ0v) is 12.3. The Morgan fingerprint density at radius 3 is 2.95 bits per heavy atom. The Morgan fingerprint density at radius 2 is 2.14 bits per heavy atom. The first-order chi connectivity index (χ1) is 10.1. The minimum absolute atomic E-state index is 0.0239. The maximum absolute atomic E-state index is 11.5. The maximum Gasteiger partial charge on any atom is 0.221 e. The minimum Gasteiger partial charge on any atom is -0.369 e. The van der Waals surface area contributed by atoms with Crippen LogP contribution in [0, 0.1) is 5.92 Å². The molecule has 3 rings (SSSR count). The van der Waals surface area contributed by atoms with Crippen molar-refractivity contribution in [3.63, 3.8) is 0 Å². The molecule has 1 fully saturated rings. The molecule has 21 heavy (non-hydrogen) atoms. The van der Waals surface area contributed by atoms with Crippen LogP contribution >= 0.6 is 0 Å². The fourth-order valence-corrected chi connectivity index (χ4v) is 3.15. The number of likely N-dealkylation sites (tertiary alicyclic amines) is 1. The van der Waals surface area contributed by atoms with E-state index in [2.05, 4.69) is 41.1 Å². The Kier molecular flexibility index (Phi) is 3.88. The lowest BCUT2D eigenvalue weighted by Gasteiger charge is -2.37. The van der Waals surface area contributed by atoms with Crippen LogP contribution in [0.2, 0.25) is 0 Å². The van der Waals surface area contributed by atoms with E-state index in [4.69, 9.17) is 5.73 Å². The van der Waals surface area contributed by atoms with Gasteiger partial charge in [0.05, 0.1) is 11.4 Å². The van der Waals surface area contributed by atoms with Gasteiger partial charge in [-0.15, -0.1) is 0 Å². The molecule has 2 heterocycles. The van der Waals surface area contributed by atoms with E-state index in [0.717, 1.165) is 36.8 Å². The molecule has 0 unspecified atom stereocenters. The number of primary amides is 1. The second-order valence-electron chi connectivity index (χ2n) is 5.95. The van der Waals surface area contributed by atoms with E-state index in [1.807, 2.05) is 12.3 Å². The lowest BCUT2D eigenvalue weighted by Crippen LogP contribution is -2.45. The van der Waals surface area contributed by atoms with Crippen LogP contribution in [0.15, 0.2) is 36.5 Å². The molecule has 110 valence electrons. The smallest absolute Gasteiger partial charge is 0.221 e. The second kappa shape index (κ2) is 5.82. The van der Waals surface area contributed by atoms with Crippen molar-refractivity contribution >= 4 is 16.8 Å². The first-order valence-corrected chi connectivity index (χ1v) is 7.51. The summed E-state index contributed by atoms with van der Waals surface area (Å²) in [5, 5.41) is 1.16. The van der Waals surface area contributed by atoms with Crippen molar-refractivity contribution in [3.05, 3.63) is 42.1 Å². The molecule has 1 amide bonds. The molecule has 0 spiro atoms. The first kappa shape index (κ1) is 14.0. The summed E-state index contributed by atoms with van der Waals surface area (Å²) in [7, 11) is 0. The summed E-state index contributed by atoms with van der Waals surface area (Å²) in [6.07, 6.45) is 3.75. The van der Waals surface area contributed by atoms with Gasteiger partial charge in [0, 0.05) is 30.7 Å². The molecule has 0 radical (unpaired) electrons. The highest BCUT2D eigenvalue weighted by Crippen LogP contribution is 2.25. The molecule has 0 saturated carbocycles. The zero-order valence-electron chi connectivity index (χ0n) is 12.3. The number of pyridine rings is 1. The predicted molar refractivity (Wildman–Crippen MR) is 83.5 cm³/mol. The molecule has 2 N–H and O–H groups in total. The molecule has 1 aliphatic rings. The van der Waals surface area contributed by atoms with Crippen molar-refractivity contribution in [2.45, 2.75) is 32.4 Å². The van der Waals surface area contributed by atoms with E-state index in [0.29, 0.717) is 6.04 Å². The highest BCUT2D eigenvalue weighted by Gasteiger charge is 2.28. The average molecular weight is 283 g/mol. The quantitative estimate of drug-likeness (QED) is 0.940. The van der Waals surface area contributed by atoms with Gasteiger partial charge in [0.25, 0.3) is 0 Å². The molecule has 0 aliphatic carbocycles. The van der Waals surface area contributed by atoms with Crippen molar-refractivity contribution in [1.82, 2.24) is 9.88 Å². The number of hydrogen-bond acceptors (Lipinski definition) is 3. The number of aromatic nitrogens is 1. The highest BCUT2D eigenvalue weighted by atomic mass is 16.1. The number of nitrogens with zero attached hydrogens (tertiary/aromatic N) is 2. The van der Waals surface area contributed by atoms with E-state index >= 15 is 0 Å². The van der Waals surface area contributed by atoms with Crippen molar-refractivity contribution in [3.8, 4) is 0 Å². The standard InChI is InChI=1S/C17H21N3O/c1-12-7-8-15(17(18)21)11-20(12)10-14-5-2-4-13-6-3-9-19-16(13)14/h2-6,9,12,15H,7-8,10-11H2,1H3,(H2,18,21)/t12-,15-/m0/s1. The van der Waals surface area contributed by atoms with Gasteiger partial charge in [-0.05, 0) is 31.4 Å². The second-order valence-corrected chi connectivity index (χ2v) is 5.95. The Balaban J connectivity index is 1.85. The van der Waals surface area contributed by atoms with Crippen LogP contribution in [0.25, 0.3) is 10.9 Å². The van der Waals surface area contributed by atoms with E-state index in [9.17, 15) is 4.79 Å². The fraction of sp³-hybridized carbons (Fsp3) is 0.412. The number of para-hydroxylation sites is 1. The van der Waals surface area contributed by atoms with E-state index < -0.39 is 0 Å². The van der Waals surface area contributed by atoms with Gasteiger partial charge < -0.3 is 5.73 Å². The molecule has 4 heteroatoms. The zero-order chi connectivity index (χ0) is 14.8. The Bertz CT molecular complexity index is 650. The first-order valence-electron chi connectivity index (χ1n) is 7.51. The van der Waals surface area contributed by atoms with Crippen molar-refractivity contribution in [2.75, 3.05) is 6.54 Å². The lowest BCUT2D eigenvalue weighted by molar-refractivity contribution is -0.124. The van der Waals surface area contributed by atoms with Crippen LogP contribution in [-0.2, 0) is 11.3 Å². The number of rotatable bonds is 3. The van der Waals surface area contributed by atoms with Gasteiger partial charge in [-0.1, -0.05) is 24.3 Å². The number of fused-ring (bicyclic) bond motifs is 1. The van der Waals surface area contributed by atoms with Gasteiger partial charge in [0.2, 0.25) is 5.91 Å². The fourth-order valence-electron chi connectivity index (χ4n) is 3.15. The van der Waals surface area contributed by atoms with Crippen molar-refractivity contribution in [1.29, 1.82) is 0 Å². The van der Waals surface area contributed by atoms with E-state index in [-0.39, 0.29) is 11.8 Å². The number of hydrogen-bond donors (Lipinski definition) is 1. The summed E-state index contributed by atoms with van der Waals surface area (Å²) in [5.41, 5.74) is 7.74. The summed E-state index contributed by atoms with van der Waals surface area (Å²) in [4.78, 5) is 18.3. The third-order valence-electron chi connectivity index (χ3n) is 4.50. The average Bonchev–Trinajstić information content (AvgIpc) is 2.49. The number of benzene rings is 1. The normalized spacial score (nSPS) is 23.3. The number of piperidine rings is 1. The van der Waals surface area contributed by atoms with Crippen molar-refractivity contribution < 1.29 is 4.79 Å². The van der Waals surface area contributed by atoms with E-state index in [1.165, 1.54) is 5.56 Å². The summed E-state index contributed by atoms with van der Waals surface area (Å²) in [6, 6.07) is 10.8. The molecular weight excluding hydrogens is 262 g/mol. The molecule has 2 aromatic rings. The van der Waals surface area contributed by atoms with E-state index in [1.54, 1.807) is 0 Å². The van der Waals surface area contributed by atoms with Crippen LogP contribution in [0.1, 0.15) is 25.3 Å². The van der Waals surface area contributed by atoms with Gasteiger partial charge in [0.15, 0.2) is 0 Å². The number of carbonyl (C=O) groups is 1. The van der Waals surface area contributed by atoms with Gasteiger partial charge in [-0.3, -0.25) is 14.7 Å². The Morgan fingerprint density at radius 1 is 1.33 bits per heavy atom. The molecule has 0 bridgehead atoms. The van der Waals surface area contributed by atoms with Gasteiger partial charge in [-0.25, -0.2) is 0 Å². The van der Waals surface area contributed by atoms with Gasteiger partial charge in [0.1, 0.15) is 0 Å². The highest BCUT2D eigenvalue weighted by molar-refractivity contribution is 5.81. The summed E-state index contributed by atoms with van der Waals surface area (Å²) in [6.45, 7) is 3.79. The Hall–Kier alpha value is -1.94. The monoisotopic (exact) mass is 283 g/mol. The molecule has 2 atom stereocenters. The molecule has 1 aromatic heterocycles. The topological polar surface area (TPSA) is 59.2 Å². The van der Waals surface area contributed by atoms with Crippen LogP contribution < -0.4 is 5.73 Å². The lowest BCUT2D eigenvalue weighted by atomic mass is 9.92. The third kappa shape index (κ3) is 2.90. The largest absolute Gasteiger partial charge is 0.369 e. The van der Waals surface area contributed by atoms with Crippen LogP contribution in [-0.4, -0.2) is 28.4 Å². The maximum atomic E-state index is 11.5. The number of carbonyl (C=O) groups excluding carboxylic acids is 1. The van der Waals surface area contributed by atoms with Crippen LogP contribution in [0.3, 0.4) is 0 Å². The van der Waals surface area contributed by atoms with Crippen LogP contribution in [0.5, 0.6) is 0 Å². The molecule has 4 nitrogen and oxygen atoms in total. The van der Waals surface area contributed by atoms with Gasteiger partial charge >= 0.3 is 0 Å². The van der Waals surface area contributed by atoms with Crippen LogP contribution in [0.4, 0.5) is 0 Å². The molecule has 1 aromatic carbocycles. The molecule has 1 aliphatic heterocycles. The van der Waals surface area contributed by atoms with Crippen molar-refractivity contribution in [2.24, 2.45) is 11.7 Å². The summed E-state index contributed by atoms with van der Waals surface area (Å²) in [5.74, 6) is -0.202. The molecule has 1 saturated heterocycles. The minimum atomic E-state index is -0.178. The number of nitrogens with two attached hydrogens (primary N) is 1. The molecular formula is C17H21N3O. The Labute approximate surface area is 125 Å². The SMILES string of the molecule is C[C@H]1CC[C@H](C(N)=O)CN1Cc1cccc2cccnc12. The predicted octanol–water partition coefficient (Wildman–Crippen LogP) is 2.32. The summed E-state index contributed by atoms with van der Waals surface area (Å²) >= 11 is 0. The number of amides is 1.